The maximum atomic E-state index is 12.8. The fourth-order valence-corrected chi connectivity index (χ4v) is 5.35. The third-order valence-electron chi connectivity index (χ3n) is 5.50. The predicted molar refractivity (Wildman–Crippen MR) is 106 cm³/mol. The van der Waals surface area contributed by atoms with E-state index in [1.165, 1.54) is 16.4 Å². The highest BCUT2D eigenvalue weighted by molar-refractivity contribution is 7.89. The van der Waals surface area contributed by atoms with Gasteiger partial charge in [-0.05, 0) is 37.1 Å². The van der Waals surface area contributed by atoms with E-state index in [0.717, 1.165) is 0 Å². The molecule has 2 heterocycles. The number of carbonyl (C=O) groups excluding carboxylic acids is 2. The molecule has 154 valence electrons. The molecule has 0 N–H and O–H groups in total. The van der Waals surface area contributed by atoms with Crippen LogP contribution in [-0.4, -0.2) is 73.6 Å². The van der Waals surface area contributed by atoms with Gasteiger partial charge in [0.1, 0.15) is 0 Å². The van der Waals surface area contributed by atoms with E-state index in [1.54, 1.807) is 17.0 Å². The summed E-state index contributed by atoms with van der Waals surface area (Å²) < 4.78 is 27.0. The zero-order valence-corrected chi connectivity index (χ0v) is 17.6. The van der Waals surface area contributed by atoms with Crippen LogP contribution in [-0.2, 0) is 19.6 Å². The van der Waals surface area contributed by atoms with Gasteiger partial charge in [-0.25, -0.2) is 8.42 Å². The Bertz CT molecular complexity index is 812. The number of rotatable bonds is 4. The molecule has 0 aromatic heterocycles. The molecule has 7 nitrogen and oxygen atoms in total. The van der Waals surface area contributed by atoms with Crippen molar-refractivity contribution in [2.75, 3.05) is 39.3 Å². The SMILES string of the molecule is CCC(=O)N1CCN(C(=O)C2CCN(S(=O)(=O)c3ccc(Cl)cc3)CC2)CC1. The van der Waals surface area contributed by atoms with Crippen LogP contribution < -0.4 is 0 Å². The molecule has 9 heteroatoms. The first-order chi connectivity index (χ1) is 13.3. The van der Waals surface area contributed by atoms with E-state index in [4.69, 9.17) is 11.6 Å². The summed E-state index contributed by atoms with van der Waals surface area (Å²) in [7, 11) is -3.57. The first-order valence-electron chi connectivity index (χ1n) is 9.65. The van der Waals surface area contributed by atoms with E-state index in [1.807, 2.05) is 11.8 Å². The van der Waals surface area contributed by atoms with E-state index < -0.39 is 10.0 Å². The van der Waals surface area contributed by atoms with Crippen molar-refractivity contribution < 1.29 is 18.0 Å². The van der Waals surface area contributed by atoms with Crippen molar-refractivity contribution in [3.05, 3.63) is 29.3 Å². The van der Waals surface area contributed by atoms with Gasteiger partial charge in [0, 0.05) is 56.6 Å². The molecule has 2 saturated heterocycles. The molecule has 0 atom stereocenters. The van der Waals surface area contributed by atoms with Crippen LogP contribution in [0, 0.1) is 5.92 Å². The normalized spacial score (nSPS) is 19.6. The first-order valence-corrected chi connectivity index (χ1v) is 11.5. The van der Waals surface area contributed by atoms with Gasteiger partial charge < -0.3 is 9.80 Å². The fraction of sp³-hybridized carbons (Fsp3) is 0.579. The average molecular weight is 428 g/mol. The van der Waals surface area contributed by atoms with Crippen molar-refractivity contribution >= 4 is 33.4 Å². The number of piperidine rings is 1. The molecule has 0 aliphatic carbocycles. The van der Waals surface area contributed by atoms with Crippen LogP contribution in [0.15, 0.2) is 29.2 Å². The molecule has 0 radical (unpaired) electrons. The standard InChI is InChI=1S/C19H26ClN3O4S/c1-2-18(24)21-11-13-22(14-12-21)19(25)15-7-9-23(10-8-15)28(26,27)17-5-3-16(20)4-6-17/h3-6,15H,2,7-14H2,1H3. The molecule has 2 aliphatic heterocycles. The van der Waals surface area contributed by atoms with Crippen LogP contribution in [0.5, 0.6) is 0 Å². The Morgan fingerprint density at radius 1 is 0.964 bits per heavy atom. The van der Waals surface area contributed by atoms with Gasteiger partial charge in [-0.2, -0.15) is 4.31 Å². The highest BCUT2D eigenvalue weighted by Crippen LogP contribution is 2.26. The smallest absolute Gasteiger partial charge is 0.243 e. The summed E-state index contributed by atoms with van der Waals surface area (Å²) in [5, 5.41) is 0.490. The molecule has 2 fully saturated rings. The van der Waals surface area contributed by atoms with Gasteiger partial charge in [-0.15, -0.1) is 0 Å². The summed E-state index contributed by atoms with van der Waals surface area (Å²) in [6.07, 6.45) is 1.51. The number of halogens is 1. The summed E-state index contributed by atoms with van der Waals surface area (Å²) in [4.78, 5) is 28.4. The second-order valence-corrected chi connectivity index (χ2v) is 9.57. The van der Waals surface area contributed by atoms with Crippen LogP contribution in [0.1, 0.15) is 26.2 Å². The van der Waals surface area contributed by atoms with Crippen LogP contribution >= 0.6 is 11.6 Å². The fourth-order valence-electron chi connectivity index (χ4n) is 3.76. The monoisotopic (exact) mass is 427 g/mol. The predicted octanol–water partition coefficient (Wildman–Crippen LogP) is 1.82. The summed E-state index contributed by atoms with van der Waals surface area (Å²) >= 11 is 5.84. The molecule has 0 spiro atoms. The maximum Gasteiger partial charge on any atom is 0.243 e. The Morgan fingerprint density at radius 3 is 2.04 bits per heavy atom. The quantitative estimate of drug-likeness (QED) is 0.734. The van der Waals surface area contributed by atoms with Crippen molar-refractivity contribution in [1.29, 1.82) is 0 Å². The van der Waals surface area contributed by atoms with Crippen molar-refractivity contribution in [3.8, 4) is 0 Å². The molecule has 0 saturated carbocycles. The molecular formula is C19H26ClN3O4S. The van der Waals surface area contributed by atoms with E-state index >= 15 is 0 Å². The van der Waals surface area contributed by atoms with Crippen LogP contribution in [0.2, 0.25) is 5.02 Å². The average Bonchev–Trinajstić information content (AvgIpc) is 2.73. The minimum atomic E-state index is -3.57. The third-order valence-corrected chi connectivity index (χ3v) is 7.67. The molecule has 1 aromatic carbocycles. The minimum absolute atomic E-state index is 0.0761. The molecular weight excluding hydrogens is 402 g/mol. The van der Waals surface area contributed by atoms with Gasteiger partial charge >= 0.3 is 0 Å². The van der Waals surface area contributed by atoms with E-state index in [9.17, 15) is 18.0 Å². The number of hydrogen-bond acceptors (Lipinski definition) is 4. The van der Waals surface area contributed by atoms with Gasteiger partial charge in [-0.3, -0.25) is 9.59 Å². The highest BCUT2D eigenvalue weighted by atomic mass is 35.5. The van der Waals surface area contributed by atoms with Crippen LogP contribution in [0.25, 0.3) is 0 Å². The maximum absolute atomic E-state index is 12.8. The van der Waals surface area contributed by atoms with E-state index in [2.05, 4.69) is 0 Å². The molecule has 1 aromatic rings. The van der Waals surface area contributed by atoms with Crippen molar-refractivity contribution in [3.63, 3.8) is 0 Å². The molecule has 2 aliphatic rings. The van der Waals surface area contributed by atoms with Crippen molar-refractivity contribution in [1.82, 2.24) is 14.1 Å². The number of piperazine rings is 1. The Balaban J connectivity index is 1.54. The van der Waals surface area contributed by atoms with Crippen LogP contribution in [0.4, 0.5) is 0 Å². The van der Waals surface area contributed by atoms with Gasteiger partial charge in [0.2, 0.25) is 21.8 Å². The Labute approximate surface area is 171 Å². The lowest BCUT2D eigenvalue weighted by Gasteiger charge is -2.38. The molecule has 0 bridgehead atoms. The molecule has 2 amide bonds. The lowest BCUT2D eigenvalue weighted by atomic mass is 9.96. The lowest BCUT2D eigenvalue weighted by Crippen LogP contribution is -2.53. The Morgan fingerprint density at radius 2 is 1.50 bits per heavy atom. The van der Waals surface area contributed by atoms with Crippen molar-refractivity contribution in [2.45, 2.75) is 31.1 Å². The minimum Gasteiger partial charge on any atom is -0.339 e. The largest absolute Gasteiger partial charge is 0.339 e. The number of nitrogens with zero attached hydrogens (tertiary/aromatic N) is 3. The van der Waals surface area contributed by atoms with Crippen LogP contribution in [0.3, 0.4) is 0 Å². The summed E-state index contributed by atoms with van der Waals surface area (Å²) in [6.45, 7) is 4.74. The van der Waals surface area contributed by atoms with E-state index in [-0.39, 0.29) is 22.6 Å². The lowest BCUT2D eigenvalue weighted by molar-refractivity contribution is -0.142. The Hall–Kier alpha value is -1.64. The van der Waals surface area contributed by atoms with Gasteiger partial charge in [0.25, 0.3) is 0 Å². The zero-order chi connectivity index (χ0) is 20.3. The highest BCUT2D eigenvalue weighted by Gasteiger charge is 2.34. The zero-order valence-electron chi connectivity index (χ0n) is 16.0. The topological polar surface area (TPSA) is 78.0 Å². The molecule has 0 unspecified atom stereocenters. The van der Waals surface area contributed by atoms with E-state index in [0.29, 0.717) is 63.6 Å². The van der Waals surface area contributed by atoms with Gasteiger partial charge in [-0.1, -0.05) is 18.5 Å². The number of hydrogen-bond donors (Lipinski definition) is 0. The summed E-state index contributed by atoms with van der Waals surface area (Å²) in [5.41, 5.74) is 0. The number of amides is 2. The second kappa shape index (κ2) is 8.80. The van der Waals surface area contributed by atoms with Crippen molar-refractivity contribution in [2.24, 2.45) is 5.92 Å². The number of sulfonamides is 1. The van der Waals surface area contributed by atoms with Gasteiger partial charge in [0.15, 0.2) is 0 Å². The second-order valence-electron chi connectivity index (χ2n) is 7.19. The number of carbonyl (C=O) groups is 2. The molecule has 3 rings (SSSR count). The summed E-state index contributed by atoms with van der Waals surface area (Å²) in [6, 6.07) is 6.14. The third kappa shape index (κ3) is 4.50. The Kier molecular flexibility index (Phi) is 6.62. The molecule has 28 heavy (non-hydrogen) atoms. The van der Waals surface area contributed by atoms with Gasteiger partial charge in [0.05, 0.1) is 4.90 Å². The first kappa shape index (κ1) is 21.1. The number of benzene rings is 1. The summed E-state index contributed by atoms with van der Waals surface area (Å²) in [5.74, 6) is 0.0325.